The maximum Gasteiger partial charge on any atom is 0.337 e. The predicted octanol–water partition coefficient (Wildman–Crippen LogP) is 0.727. The highest BCUT2D eigenvalue weighted by molar-refractivity contribution is 5.91. The van der Waals surface area contributed by atoms with Crippen molar-refractivity contribution in [2.75, 3.05) is 6.61 Å². The Hall–Kier alpha value is -1.88. The van der Waals surface area contributed by atoms with Gasteiger partial charge in [-0.1, -0.05) is 0 Å². The molecule has 78 valence electrons. The minimum absolute atomic E-state index is 0.0339. The van der Waals surface area contributed by atoms with Crippen LogP contribution in [0.4, 0.5) is 0 Å². The molecule has 2 heterocycles. The van der Waals surface area contributed by atoms with Crippen LogP contribution in [0, 0.1) is 0 Å². The lowest BCUT2D eigenvalue weighted by Crippen LogP contribution is -2.02. The summed E-state index contributed by atoms with van der Waals surface area (Å²) in [7, 11) is 0. The molecule has 15 heavy (non-hydrogen) atoms. The van der Waals surface area contributed by atoms with E-state index in [9.17, 15) is 4.79 Å². The largest absolute Gasteiger partial charge is 0.478 e. The standard InChI is InChI=1S/C10H10N2O3/c13-4-3-12-2-1-7-5-8(10(14)15)6-11-9(7)12/h1-2,5-6,13H,3-4H2,(H,14,15). The van der Waals surface area contributed by atoms with Crippen LogP contribution in [0.5, 0.6) is 0 Å². The van der Waals surface area contributed by atoms with Gasteiger partial charge in [-0.15, -0.1) is 0 Å². The number of aliphatic hydroxyl groups excluding tert-OH is 1. The average Bonchev–Trinajstić information content (AvgIpc) is 2.61. The zero-order valence-corrected chi connectivity index (χ0v) is 7.92. The first-order valence-electron chi connectivity index (χ1n) is 4.51. The van der Waals surface area contributed by atoms with Crippen LogP contribution in [0.3, 0.4) is 0 Å². The molecule has 2 aromatic rings. The van der Waals surface area contributed by atoms with Crippen molar-refractivity contribution in [3.63, 3.8) is 0 Å². The first-order chi connectivity index (χ1) is 7.22. The number of carboxylic acid groups (broad SMARTS) is 1. The zero-order valence-electron chi connectivity index (χ0n) is 7.92. The van der Waals surface area contributed by atoms with Crippen molar-refractivity contribution >= 4 is 17.0 Å². The lowest BCUT2D eigenvalue weighted by atomic mass is 10.2. The zero-order chi connectivity index (χ0) is 10.8. The summed E-state index contributed by atoms with van der Waals surface area (Å²) in [5.41, 5.74) is 0.860. The summed E-state index contributed by atoms with van der Waals surface area (Å²) >= 11 is 0. The van der Waals surface area contributed by atoms with Gasteiger partial charge in [-0.3, -0.25) is 0 Å². The van der Waals surface area contributed by atoms with E-state index in [2.05, 4.69) is 4.98 Å². The summed E-state index contributed by atoms with van der Waals surface area (Å²) in [5, 5.41) is 18.3. The maximum atomic E-state index is 10.7. The van der Waals surface area contributed by atoms with Crippen LogP contribution in [0.1, 0.15) is 10.4 Å². The van der Waals surface area contributed by atoms with E-state index >= 15 is 0 Å². The molecule has 0 saturated heterocycles. The van der Waals surface area contributed by atoms with Gasteiger partial charge in [0.1, 0.15) is 5.65 Å². The molecular formula is C10H10N2O3. The Labute approximate surface area is 85.6 Å². The Morgan fingerprint density at radius 1 is 1.53 bits per heavy atom. The van der Waals surface area contributed by atoms with Crippen molar-refractivity contribution in [3.05, 3.63) is 30.1 Å². The quantitative estimate of drug-likeness (QED) is 0.776. The molecule has 0 amide bonds. The van der Waals surface area contributed by atoms with Crippen LogP contribution >= 0.6 is 0 Å². The van der Waals surface area contributed by atoms with E-state index < -0.39 is 5.97 Å². The Balaban J connectivity index is 2.51. The van der Waals surface area contributed by atoms with Crippen molar-refractivity contribution in [1.29, 1.82) is 0 Å². The second-order valence-corrected chi connectivity index (χ2v) is 3.17. The van der Waals surface area contributed by atoms with Gasteiger partial charge in [0, 0.05) is 24.3 Å². The van der Waals surface area contributed by atoms with E-state index in [1.807, 2.05) is 0 Å². The molecule has 5 nitrogen and oxygen atoms in total. The minimum atomic E-state index is -0.987. The summed E-state index contributed by atoms with van der Waals surface area (Å²) in [5.74, 6) is -0.987. The van der Waals surface area contributed by atoms with Gasteiger partial charge in [-0.25, -0.2) is 9.78 Å². The number of fused-ring (bicyclic) bond motifs is 1. The fraction of sp³-hybridized carbons (Fsp3) is 0.200. The van der Waals surface area contributed by atoms with Gasteiger partial charge in [0.2, 0.25) is 0 Å². The second-order valence-electron chi connectivity index (χ2n) is 3.17. The van der Waals surface area contributed by atoms with Crippen LogP contribution in [-0.2, 0) is 6.54 Å². The molecule has 0 atom stereocenters. The number of hydrogen-bond acceptors (Lipinski definition) is 3. The second kappa shape index (κ2) is 3.70. The molecule has 0 radical (unpaired) electrons. The van der Waals surface area contributed by atoms with E-state index in [-0.39, 0.29) is 12.2 Å². The lowest BCUT2D eigenvalue weighted by Gasteiger charge is -2.01. The van der Waals surface area contributed by atoms with Crippen molar-refractivity contribution in [1.82, 2.24) is 9.55 Å². The highest BCUT2D eigenvalue weighted by Crippen LogP contribution is 2.14. The molecule has 0 unspecified atom stereocenters. The summed E-state index contributed by atoms with van der Waals surface area (Å²) in [4.78, 5) is 14.7. The first kappa shape index (κ1) is 9.67. The van der Waals surface area contributed by atoms with E-state index in [1.54, 1.807) is 22.9 Å². The smallest absolute Gasteiger partial charge is 0.337 e. The number of aromatic nitrogens is 2. The first-order valence-corrected chi connectivity index (χ1v) is 4.51. The Bertz CT molecular complexity index is 504. The molecule has 0 bridgehead atoms. The molecule has 0 spiro atoms. The summed E-state index contributed by atoms with van der Waals surface area (Å²) in [6, 6.07) is 3.35. The third kappa shape index (κ3) is 1.69. The van der Waals surface area contributed by atoms with Crippen molar-refractivity contribution in [3.8, 4) is 0 Å². The monoisotopic (exact) mass is 206 g/mol. The predicted molar refractivity (Wildman–Crippen MR) is 53.8 cm³/mol. The van der Waals surface area contributed by atoms with Crippen LogP contribution < -0.4 is 0 Å². The topological polar surface area (TPSA) is 75.3 Å². The number of carboxylic acids is 1. The van der Waals surface area contributed by atoms with Gasteiger partial charge in [-0.2, -0.15) is 0 Å². The average molecular weight is 206 g/mol. The molecule has 0 aliphatic rings. The van der Waals surface area contributed by atoms with Crippen LogP contribution in [0.15, 0.2) is 24.5 Å². The van der Waals surface area contributed by atoms with Gasteiger partial charge < -0.3 is 14.8 Å². The Kier molecular flexibility index (Phi) is 2.39. The summed E-state index contributed by atoms with van der Waals surface area (Å²) < 4.78 is 1.78. The van der Waals surface area contributed by atoms with E-state index in [4.69, 9.17) is 10.2 Å². The molecule has 0 fully saturated rings. The number of aliphatic hydroxyl groups is 1. The van der Waals surface area contributed by atoms with Crippen molar-refractivity contribution in [2.45, 2.75) is 6.54 Å². The molecule has 5 heteroatoms. The molecule has 0 aliphatic heterocycles. The van der Waals surface area contributed by atoms with Crippen molar-refractivity contribution in [2.24, 2.45) is 0 Å². The van der Waals surface area contributed by atoms with Gasteiger partial charge in [0.15, 0.2) is 0 Å². The summed E-state index contributed by atoms with van der Waals surface area (Å²) in [6.45, 7) is 0.495. The number of rotatable bonds is 3. The number of pyridine rings is 1. The van der Waals surface area contributed by atoms with Crippen LogP contribution in [0.2, 0.25) is 0 Å². The highest BCUT2D eigenvalue weighted by Gasteiger charge is 2.07. The van der Waals surface area contributed by atoms with Crippen molar-refractivity contribution < 1.29 is 15.0 Å². The Morgan fingerprint density at radius 3 is 3.00 bits per heavy atom. The van der Waals surface area contributed by atoms with Gasteiger partial charge in [0.25, 0.3) is 0 Å². The summed E-state index contributed by atoms with van der Waals surface area (Å²) in [6.07, 6.45) is 3.10. The molecule has 2 rings (SSSR count). The Morgan fingerprint density at radius 2 is 2.33 bits per heavy atom. The molecule has 2 N–H and O–H groups in total. The number of carbonyl (C=O) groups is 1. The number of hydrogen-bond donors (Lipinski definition) is 2. The van der Waals surface area contributed by atoms with Crippen LogP contribution in [0.25, 0.3) is 11.0 Å². The fourth-order valence-electron chi connectivity index (χ4n) is 1.48. The number of aromatic carboxylic acids is 1. The normalized spacial score (nSPS) is 10.7. The van der Waals surface area contributed by atoms with Gasteiger partial charge in [-0.05, 0) is 12.1 Å². The third-order valence-electron chi connectivity index (χ3n) is 2.19. The van der Waals surface area contributed by atoms with Crippen LogP contribution in [-0.4, -0.2) is 32.3 Å². The van der Waals surface area contributed by atoms with E-state index in [0.29, 0.717) is 12.2 Å². The van der Waals surface area contributed by atoms with Gasteiger partial charge in [0.05, 0.1) is 12.2 Å². The highest BCUT2D eigenvalue weighted by atomic mass is 16.4. The lowest BCUT2D eigenvalue weighted by molar-refractivity contribution is 0.0696. The van der Waals surface area contributed by atoms with E-state index in [1.165, 1.54) is 6.20 Å². The molecule has 0 aliphatic carbocycles. The third-order valence-corrected chi connectivity index (χ3v) is 2.19. The molecular weight excluding hydrogens is 196 g/mol. The molecule has 0 saturated carbocycles. The molecule has 2 aromatic heterocycles. The SMILES string of the molecule is O=C(O)c1cnc2c(ccn2CCO)c1. The fourth-order valence-corrected chi connectivity index (χ4v) is 1.48. The minimum Gasteiger partial charge on any atom is -0.478 e. The molecule has 0 aromatic carbocycles. The van der Waals surface area contributed by atoms with Gasteiger partial charge >= 0.3 is 5.97 Å². The van der Waals surface area contributed by atoms with E-state index in [0.717, 1.165) is 5.39 Å². The maximum absolute atomic E-state index is 10.7. The number of nitrogens with zero attached hydrogens (tertiary/aromatic N) is 2.